The first kappa shape index (κ1) is 10.3. The van der Waals surface area contributed by atoms with Crippen LogP contribution < -0.4 is 5.32 Å². The number of halogens is 1. The zero-order valence-corrected chi connectivity index (χ0v) is 9.22. The Bertz CT molecular complexity index is 213. The van der Waals surface area contributed by atoms with Crippen LogP contribution in [0.15, 0.2) is 0 Å². The van der Waals surface area contributed by atoms with Gasteiger partial charge in [0, 0.05) is 12.5 Å². The summed E-state index contributed by atoms with van der Waals surface area (Å²) in [5.41, 5.74) is 0. The molecule has 2 aliphatic rings. The topological polar surface area (TPSA) is 29.1 Å². The number of alkyl halides is 1. The van der Waals surface area contributed by atoms with E-state index in [9.17, 15) is 4.79 Å². The van der Waals surface area contributed by atoms with E-state index in [-0.39, 0.29) is 17.3 Å². The zero-order valence-electron chi connectivity index (χ0n) is 8.47. The predicted molar refractivity (Wildman–Crippen MR) is 57.4 cm³/mol. The third kappa shape index (κ3) is 2.22. The van der Waals surface area contributed by atoms with Gasteiger partial charge in [0.05, 0.1) is 5.38 Å². The molecule has 2 fully saturated rings. The fourth-order valence-electron chi connectivity index (χ4n) is 2.66. The molecule has 1 aliphatic carbocycles. The summed E-state index contributed by atoms with van der Waals surface area (Å²) in [6, 6.07) is 0.243. The molecule has 1 saturated heterocycles. The molecule has 80 valence electrons. The summed E-state index contributed by atoms with van der Waals surface area (Å²) in [6.07, 6.45) is 8.09. The van der Waals surface area contributed by atoms with Crippen molar-refractivity contribution in [3.8, 4) is 0 Å². The number of hydrogen-bond acceptors (Lipinski definition) is 1. The first-order valence-corrected chi connectivity index (χ1v) is 6.14. The molecule has 0 aromatic carbocycles. The van der Waals surface area contributed by atoms with E-state index in [1.807, 2.05) is 0 Å². The third-order valence-corrected chi connectivity index (χ3v) is 4.17. The SMILES string of the molecule is O=C1CCC(C(Cl)C2CCCCC2)N1. The number of amides is 1. The Labute approximate surface area is 90.4 Å². The highest BCUT2D eigenvalue weighted by atomic mass is 35.5. The van der Waals surface area contributed by atoms with Crippen LogP contribution in [-0.2, 0) is 4.79 Å². The van der Waals surface area contributed by atoms with Crippen LogP contribution in [-0.4, -0.2) is 17.3 Å². The van der Waals surface area contributed by atoms with Crippen molar-refractivity contribution in [1.82, 2.24) is 5.32 Å². The van der Waals surface area contributed by atoms with E-state index in [0.29, 0.717) is 12.3 Å². The van der Waals surface area contributed by atoms with Gasteiger partial charge in [-0.05, 0) is 25.2 Å². The lowest BCUT2D eigenvalue weighted by atomic mass is 9.84. The Morgan fingerprint density at radius 3 is 2.50 bits per heavy atom. The van der Waals surface area contributed by atoms with Crippen LogP contribution in [0.4, 0.5) is 0 Å². The molecule has 1 amide bonds. The molecule has 1 saturated carbocycles. The van der Waals surface area contributed by atoms with Gasteiger partial charge in [0.2, 0.25) is 5.91 Å². The molecule has 0 aromatic rings. The van der Waals surface area contributed by atoms with Gasteiger partial charge in [-0.15, -0.1) is 11.6 Å². The molecule has 1 aliphatic heterocycles. The van der Waals surface area contributed by atoms with Gasteiger partial charge in [0.15, 0.2) is 0 Å². The fourth-order valence-corrected chi connectivity index (χ4v) is 3.10. The summed E-state index contributed by atoms with van der Waals surface area (Å²) in [4.78, 5) is 11.1. The van der Waals surface area contributed by atoms with E-state index in [2.05, 4.69) is 5.32 Å². The number of carbonyl (C=O) groups is 1. The first-order chi connectivity index (χ1) is 6.77. The maximum absolute atomic E-state index is 11.1. The minimum atomic E-state index is 0.168. The minimum absolute atomic E-state index is 0.168. The Morgan fingerprint density at radius 2 is 1.93 bits per heavy atom. The van der Waals surface area contributed by atoms with Crippen molar-refractivity contribution in [2.24, 2.45) is 5.92 Å². The second-order valence-corrected chi connectivity index (χ2v) is 5.06. The molecule has 0 bridgehead atoms. The van der Waals surface area contributed by atoms with Gasteiger partial charge < -0.3 is 5.32 Å². The lowest BCUT2D eigenvalue weighted by Crippen LogP contribution is -2.38. The van der Waals surface area contributed by atoms with E-state index < -0.39 is 0 Å². The predicted octanol–water partition coefficient (Wildman–Crippen LogP) is 2.45. The highest BCUT2D eigenvalue weighted by molar-refractivity contribution is 6.21. The Morgan fingerprint density at radius 1 is 1.21 bits per heavy atom. The van der Waals surface area contributed by atoms with Crippen molar-refractivity contribution < 1.29 is 4.79 Å². The molecule has 1 heterocycles. The smallest absolute Gasteiger partial charge is 0.220 e. The summed E-state index contributed by atoms with van der Waals surface area (Å²) in [6.45, 7) is 0. The number of nitrogens with one attached hydrogen (secondary N) is 1. The molecule has 0 aromatic heterocycles. The maximum Gasteiger partial charge on any atom is 0.220 e. The van der Waals surface area contributed by atoms with Crippen molar-refractivity contribution in [2.75, 3.05) is 0 Å². The molecule has 2 unspecified atom stereocenters. The summed E-state index contributed by atoms with van der Waals surface area (Å²) >= 11 is 6.42. The average molecular weight is 216 g/mol. The zero-order chi connectivity index (χ0) is 9.97. The van der Waals surface area contributed by atoms with Crippen molar-refractivity contribution in [3.05, 3.63) is 0 Å². The van der Waals surface area contributed by atoms with Crippen molar-refractivity contribution in [2.45, 2.75) is 56.4 Å². The van der Waals surface area contributed by atoms with Crippen LogP contribution >= 0.6 is 11.6 Å². The highest BCUT2D eigenvalue weighted by Crippen LogP contribution is 2.32. The van der Waals surface area contributed by atoms with Crippen molar-refractivity contribution in [3.63, 3.8) is 0 Å². The van der Waals surface area contributed by atoms with E-state index in [0.717, 1.165) is 6.42 Å². The van der Waals surface area contributed by atoms with E-state index >= 15 is 0 Å². The largest absolute Gasteiger partial charge is 0.352 e. The Balaban J connectivity index is 1.86. The summed E-state index contributed by atoms with van der Waals surface area (Å²) in [5.74, 6) is 0.810. The third-order valence-electron chi connectivity index (χ3n) is 3.51. The molecular formula is C11H18ClNO. The molecule has 1 N–H and O–H groups in total. The monoisotopic (exact) mass is 215 g/mol. The van der Waals surface area contributed by atoms with Gasteiger partial charge in [0.1, 0.15) is 0 Å². The second-order valence-electron chi connectivity index (χ2n) is 4.56. The Hall–Kier alpha value is -0.240. The van der Waals surface area contributed by atoms with E-state index in [1.54, 1.807) is 0 Å². The lowest BCUT2D eigenvalue weighted by molar-refractivity contribution is -0.119. The van der Waals surface area contributed by atoms with Crippen LogP contribution in [0.5, 0.6) is 0 Å². The number of carbonyl (C=O) groups excluding carboxylic acids is 1. The molecule has 0 radical (unpaired) electrons. The van der Waals surface area contributed by atoms with Crippen LogP contribution in [0.2, 0.25) is 0 Å². The second kappa shape index (κ2) is 4.52. The number of hydrogen-bond donors (Lipinski definition) is 1. The lowest BCUT2D eigenvalue weighted by Gasteiger charge is -2.29. The molecule has 0 spiro atoms. The number of rotatable bonds is 2. The van der Waals surface area contributed by atoms with Gasteiger partial charge in [-0.2, -0.15) is 0 Å². The molecular weight excluding hydrogens is 198 g/mol. The first-order valence-electron chi connectivity index (χ1n) is 5.71. The highest BCUT2D eigenvalue weighted by Gasteiger charge is 2.33. The van der Waals surface area contributed by atoms with Gasteiger partial charge in [-0.1, -0.05) is 19.3 Å². The van der Waals surface area contributed by atoms with E-state index in [4.69, 9.17) is 11.6 Å². The van der Waals surface area contributed by atoms with Crippen LogP contribution in [0.1, 0.15) is 44.9 Å². The van der Waals surface area contributed by atoms with Gasteiger partial charge in [-0.3, -0.25) is 4.79 Å². The standard InChI is InChI=1S/C11H18ClNO/c12-11(8-4-2-1-3-5-8)9-6-7-10(14)13-9/h8-9,11H,1-7H2,(H,13,14). The molecule has 2 atom stereocenters. The van der Waals surface area contributed by atoms with Crippen molar-refractivity contribution in [1.29, 1.82) is 0 Å². The van der Waals surface area contributed by atoms with Gasteiger partial charge in [0.25, 0.3) is 0 Å². The Kier molecular flexibility index (Phi) is 3.32. The van der Waals surface area contributed by atoms with E-state index in [1.165, 1.54) is 32.1 Å². The molecule has 3 heteroatoms. The quantitative estimate of drug-likeness (QED) is 0.705. The van der Waals surface area contributed by atoms with Crippen molar-refractivity contribution >= 4 is 17.5 Å². The summed E-state index contributed by atoms with van der Waals surface area (Å²) < 4.78 is 0. The van der Waals surface area contributed by atoms with Crippen LogP contribution in [0.3, 0.4) is 0 Å². The fraction of sp³-hybridized carbons (Fsp3) is 0.909. The van der Waals surface area contributed by atoms with Gasteiger partial charge in [-0.25, -0.2) is 0 Å². The summed E-state index contributed by atoms with van der Waals surface area (Å²) in [5, 5.41) is 3.15. The van der Waals surface area contributed by atoms with Crippen LogP contribution in [0.25, 0.3) is 0 Å². The van der Waals surface area contributed by atoms with Gasteiger partial charge >= 0.3 is 0 Å². The molecule has 2 nitrogen and oxygen atoms in total. The maximum atomic E-state index is 11.1. The summed E-state index contributed by atoms with van der Waals surface area (Å²) in [7, 11) is 0. The molecule has 14 heavy (non-hydrogen) atoms. The normalized spacial score (nSPS) is 31.5. The average Bonchev–Trinajstić information content (AvgIpc) is 2.65. The molecule has 2 rings (SSSR count). The minimum Gasteiger partial charge on any atom is -0.352 e. The van der Waals surface area contributed by atoms with Crippen LogP contribution in [0, 0.1) is 5.92 Å².